The SMILES string of the molecule is COC(=O)[C@H](C)NC(=O)NC1CCCCCCC1. The summed E-state index contributed by atoms with van der Waals surface area (Å²) >= 11 is 0. The van der Waals surface area contributed by atoms with Crippen LogP contribution >= 0.6 is 0 Å². The first-order valence-electron chi connectivity index (χ1n) is 6.78. The molecule has 5 heteroatoms. The average Bonchev–Trinajstić information content (AvgIpc) is 2.31. The molecule has 0 unspecified atom stereocenters. The van der Waals surface area contributed by atoms with Gasteiger partial charge in [0.1, 0.15) is 6.04 Å². The Kier molecular flexibility index (Phi) is 6.54. The Labute approximate surface area is 109 Å². The lowest BCUT2D eigenvalue weighted by Crippen LogP contribution is -2.48. The van der Waals surface area contributed by atoms with E-state index in [1.165, 1.54) is 26.4 Å². The van der Waals surface area contributed by atoms with Crippen LogP contribution in [0.25, 0.3) is 0 Å². The predicted molar refractivity (Wildman–Crippen MR) is 69.3 cm³/mol. The summed E-state index contributed by atoms with van der Waals surface area (Å²) in [7, 11) is 1.31. The summed E-state index contributed by atoms with van der Waals surface area (Å²) in [6.07, 6.45) is 8.18. The standard InChI is InChI=1S/C13H24N2O3/c1-10(12(16)18-2)14-13(17)15-11-8-6-4-3-5-7-9-11/h10-11H,3-9H2,1-2H3,(H2,14,15,17)/t10-/m0/s1. The van der Waals surface area contributed by atoms with Gasteiger partial charge in [0, 0.05) is 6.04 Å². The monoisotopic (exact) mass is 256 g/mol. The maximum atomic E-state index is 11.7. The number of urea groups is 1. The van der Waals surface area contributed by atoms with Gasteiger partial charge < -0.3 is 15.4 Å². The third-order valence-corrected chi connectivity index (χ3v) is 3.34. The molecule has 0 radical (unpaired) electrons. The molecule has 1 fully saturated rings. The van der Waals surface area contributed by atoms with E-state index < -0.39 is 12.0 Å². The summed E-state index contributed by atoms with van der Waals surface area (Å²) in [5.74, 6) is -0.428. The highest BCUT2D eigenvalue weighted by Gasteiger charge is 2.18. The number of esters is 1. The van der Waals surface area contributed by atoms with Crippen molar-refractivity contribution < 1.29 is 14.3 Å². The molecule has 5 nitrogen and oxygen atoms in total. The molecule has 1 atom stereocenters. The van der Waals surface area contributed by atoms with E-state index in [4.69, 9.17) is 0 Å². The molecule has 0 aromatic carbocycles. The normalized spacial score (nSPS) is 19.2. The number of ether oxygens (including phenoxy) is 1. The lowest BCUT2D eigenvalue weighted by molar-refractivity contribution is -0.142. The van der Waals surface area contributed by atoms with Crippen molar-refractivity contribution in [3.63, 3.8) is 0 Å². The summed E-state index contributed by atoms with van der Waals surface area (Å²) in [6.45, 7) is 1.61. The fourth-order valence-electron chi connectivity index (χ4n) is 2.26. The zero-order valence-electron chi connectivity index (χ0n) is 11.3. The van der Waals surface area contributed by atoms with Gasteiger partial charge in [-0.05, 0) is 19.8 Å². The van der Waals surface area contributed by atoms with Gasteiger partial charge in [0.25, 0.3) is 0 Å². The molecule has 1 rings (SSSR count). The molecule has 2 amide bonds. The van der Waals surface area contributed by atoms with Gasteiger partial charge in [0.2, 0.25) is 0 Å². The van der Waals surface area contributed by atoms with E-state index in [-0.39, 0.29) is 12.1 Å². The minimum Gasteiger partial charge on any atom is -0.467 e. The van der Waals surface area contributed by atoms with Crippen molar-refractivity contribution in [1.29, 1.82) is 0 Å². The Hall–Kier alpha value is -1.26. The van der Waals surface area contributed by atoms with E-state index in [0.717, 1.165) is 25.7 Å². The van der Waals surface area contributed by atoms with Crippen molar-refractivity contribution >= 4 is 12.0 Å². The van der Waals surface area contributed by atoms with Gasteiger partial charge in [0.15, 0.2) is 0 Å². The predicted octanol–water partition coefficient (Wildman–Crippen LogP) is 1.96. The third-order valence-electron chi connectivity index (χ3n) is 3.34. The molecule has 1 saturated carbocycles. The van der Waals surface area contributed by atoms with Crippen LogP contribution in [0.5, 0.6) is 0 Å². The minimum absolute atomic E-state index is 0.232. The smallest absolute Gasteiger partial charge is 0.328 e. The molecule has 18 heavy (non-hydrogen) atoms. The Morgan fingerprint density at radius 2 is 1.67 bits per heavy atom. The molecule has 0 saturated heterocycles. The molecule has 0 aromatic rings. The number of hydrogen-bond donors (Lipinski definition) is 2. The second-order valence-electron chi connectivity index (χ2n) is 4.90. The van der Waals surface area contributed by atoms with Crippen molar-refractivity contribution in [2.45, 2.75) is 64.0 Å². The second kappa shape index (κ2) is 7.95. The fraction of sp³-hybridized carbons (Fsp3) is 0.846. The fourth-order valence-corrected chi connectivity index (χ4v) is 2.26. The first-order valence-corrected chi connectivity index (χ1v) is 6.78. The summed E-state index contributed by atoms with van der Waals surface area (Å²) in [4.78, 5) is 22.9. The van der Waals surface area contributed by atoms with Gasteiger partial charge >= 0.3 is 12.0 Å². The number of carbonyl (C=O) groups excluding carboxylic acids is 2. The van der Waals surface area contributed by atoms with Gasteiger partial charge in [-0.2, -0.15) is 0 Å². The van der Waals surface area contributed by atoms with E-state index in [0.29, 0.717) is 0 Å². The van der Waals surface area contributed by atoms with Crippen molar-refractivity contribution in [2.24, 2.45) is 0 Å². The Bertz CT molecular complexity index is 273. The molecule has 0 bridgehead atoms. The van der Waals surface area contributed by atoms with Crippen LogP contribution in [0.2, 0.25) is 0 Å². The van der Waals surface area contributed by atoms with Crippen LogP contribution < -0.4 is 10.6 Å². The van der Waals surface area contributed by atoms with Gasteiger partial charge in [-0.15, -0.1) is 0 Å². The first kappa shape index (κ1) is 14.8. The Morgan fingerprint density at radius 3 is 2.22 bits per heavy atom. The molecule has 2 N–H and O–H groups in total. The molecule has 0 spiro atoms. The van der Waals surface area contributed by atoms with Gasteiger partial charge in [-0.1, -0.05) is 32.1 Å². The molecular formula is C13H24N2O3. The highest BCUT2D eigenvalue weighted by molar-refractivity contribution is 5.83. The van der Waals surface area contributed by atoms with Crippen LogP contribution in [-0.2, 0) is 9.53 Å². The van der Waals surface area contributed by atoms with Crippen LogP contribution in [0, 0.1) is 0 Å². The third kappa shape index (κ3) is 5.38. The summed E-state index contributed by atoms with van der Waals surface area (Å²) in [6, 6.07) is -0.655. The zero-order valence-corrected chi connectivity index (χ0v) is 11.3. The van der Waals surface area contributed by atoms with Gasteiger partial charge in [-0.3, -0.25) is 0 Å². The minimum atomic E-state index is -0.608. The van der Waals surface area contributed by atoms with Gasteiger partial charge in [-0.25, -0.2) is 9.59 Å². The number of rotatable bonds is 3. The maximum absolute atomic E-state index is 11.7. The van der Waals surface area contributed by atoms with Crippen molar-refractivity contribution in [3.8, 4) is 0 Å². The highest BCUT2D eigenvalue weighted by atomic mass is 16.5. The van der Waals surface area contributed by atoms with E-state index in [1.807, 2.05) is 0 Å². The van der Waals surface area contributed by atoms with E-state index in [9.17, 15) is 9.59 Å². The first-order chi connectivity index (χ1) is 8.63. The molecule has 0 aromatic heterocycles. The molecule has 104 valence electrons. The van der Waals surface area contributed by atoms with Crippen LogP contribution in [-0.4, -0.2) is 31.2 Å². The van der Waals surface area contributed by atoms with E-state index in [1.54, 1.807) is 6.92 Å². The maximum Gasteiger partial charge on any atom is 0.328 e. The van der Waals surface area contributed by atoms with Gasteiger partial charge in [0.05, 0.1) is 7.11 Å². The van der Waals surface area contributed by atoms with Crippen molar-refractivity contribution in [3.05, 3.63) is 0 Å². The summed E-state index contributed by atoms with van der Waals surface area (Å²) in [5, 5.41) is 5.53. The molecular weight excluding hydrogens is 232 g/mol. The van der Waals surface area contributed by atoms with E-state index in [2.05, 4.69) is 15.4 Å². The van der Waals surface area contributed by atoms with Crippen LogP contribution in [0.4, 0.5) is 4.79 Å². The summed E-state index contributed by atoms with van der Waals surface area (Å²) in [5.41, 5.74) is 0. The van der Waals surface area contributed by atoms with E-state index >= 15 is 0 Å². The van der Waals surface area contributed by atoms with Crippen LogP contribution in [0.1, 0.15) is 51.9 Å². The lowest BCUT2D eigenvalue weighted by Gasteiger charge is -2.22. The Balaban J connectivity index is 2.31. The number of amides is 2. The zero-order chi connectivity index (χ0) is 13.4. The average molecular weight is 256 g/mol. The number of methoxy groups -OCH3 is 1. The quantitative estimate of drug-likeness (QED) is 0.758. The Morgan fingerprint density at radius 1 is 1.11 bits per heavy atom. The van der Waals surface area contributed by atoms with Crippen molar-refractivity contribution in [2.75, 3.05) is 7.11 Å². The topological polar surface area (TPSA) is 67.4 Å². The van der Waals surface area contributed by atoms with Crippen molar-refractivity contribution in [1.82, 2.24) is 10.6 Å². The number of carbonyl (C=O) groups is 2. The molecule has 0 aliphatic heterocycles. The molecule has 1 aliphatic rings. The van der Waals surface area contributed by atoms with Crippen LogP contribution in [0.15, 0.2) is 0 Å². The second-order valence-corrected chi connectivity index (χ2v) is 4.90. The lowest BCUT2D eigenvalue weighted by atomic mass is 9.97. The highest BCUT2D eigenvalue weighted by Crippen LogP contribution is 2.16. The molecule has 1 aliphatic carbocycles. The summed E-state index contributed by atoms with van der Waals surface area (Å²) < 4.78 is 4.56. The number of hydrogen-bond acceptors (Lipinski definition) is 3. The van der Waals surface area contributed by atoms with Crippen LogP contribution in [0.3, 0.4) is 0 Å². The largest absolute Gasteiger partial charge is 0.467 e. The number of nitrogens with one attached hydrogen (secondary N) is 2. The molecule has 0 heterocycles.